The van der Waals surface area contributed by atoms with Gasteiger partial charge in [-0.3, -0.25) is 4.57 Å². The lowest BCUT2D eigenvalue weighted by Gasteiger charge is -2.35. The van der Waals surface area contributed by atoms with Crippen LogP contribution in [0.15, 0.2) is 0 Å². The van der Waals surface area contributed by atoms with Crippen molar-refractivity contribution in [2.24, 2.45) is 11.8 Å². The molecule has 0 atom stereocenters. The van der Waals surface area contributed by atoms with E-state index < -0.39 is 0 Å². The summed E-state index contributed by atoms with van der Waals surface area (Å²) in [6.07, 6.45) is 7.59. The molecule has 96 valence electrons. The molecule has 0 aliphatic heterocycles. The standard InChI is InChI=1S/C14H29OP/c1-6-7-8-9-10-11-14(16-15,12(2)3)13(4)5/h12-13H,6-11H2,1-5H3. The second-order valence-electron chi connectivity index (χ2n) is 5.56. The van der Waals surface area contributed by atoms with Gasteiger partial charge < -0.3 is 0 Å². The van der Waals surface area contributed by atoms with Crippen LogP contribution in [0.25, 0.3) is 0 Å². The Balaban J connectivity index is 4.17. The summed E-state index contributed by atoms with van der Waals surface area (Å²) in [7, 11) is 0.345. The SMILES string of the molecule is CCCCCCCC(P=O)(C(C)C)C(C)C. The summed E-state index contributed by atoms with van der Waals surface area (Å²) in [6, 6.07) is 0. The molecule has 0 amide bonds. The van der Waals surface area contributed by atoms with E-state index >= 15 is 0 Å². The minimum Gasteiger partial charge on any atom is -0.274 e. The van der Waals surface area contributed by atoms with Crippen molar-refractivity contribution in [3.63, 3.8) is 0 Å². The molecule has 0 aliphatic carbocycles. The Hall–Kier alpha value is 0.100. The Labute approximate surface area is 104 Å². The fourth-order valence-electron chi connectivity index (χ4n) is 2.51. The van der Waals surface area contributed by atoms with E-state index in [-0.39, 0.29) is 5.16 Å². The maximum absolute atomic E-state index is 11.5. The van der Waals surface area contributed by atoms with Crippen LogP contribution in [0.3, 0.4) is 0 Å². The van der Waals surface area contributed by atoms with E-state index in [2.05, 4.69) is 34.6 Å². The van der Waals surface area contributed by atoms with Gasteiger partial charge in [-0.05, 0) is 18.3 Å². The Morgan fingerprint density at radius 1 is 0.938 bits per heavy atom. The summed E-state index contributed by atoms with van der Waals surface area (Å²) in [5.74, 6) is 0.996. The summed E-state index contributed by atoms with van der Waals surface area (Å²) in [6.45, 7) is 11.1. The molecule has 16 heavy (non-hydrogen) atoms. The number of unbranched alkanes of at least 4 members (excludes halogenated alkanes) is 4. The lowest BCUT2D eigenvalue weighted by atomic mass is 9.80. The third-order valence-corrected chi connectivity index (χ3v) is 5.45. The van der Waals surface area contributed by atoms with Gasteiger partial charge in [-0.2, -0.15) is 0 Å². The van der Waals surface area contributed by atoms with Gasteiger partial charge in [0.1, 0.15) is 0 Å². The molecule has 0 saturated carbocycles. The maximum Gasteiger partial charge on any atom is 0.162 e. The van der Waals surface area contributed by atoms with E-state index in [1.54, 1.807) is 0 Å². The van der Waals surface area contributed by atoms with E-state index in [0.717, 1.165) is 6.42 Å². The maximum atomic E-state index is 11.5. The summed E-state index contributed by atoms with van der Waals surface area (Å²) >= 11 is 0. The normalized spacial score (nSPS) is 12.9. The average molecular weight is 244 g/mol. The van der Waals surface area contributed by atoms with Crippen molar-refractivity contribution in [1.29, 1.82) is 0 Å². The Bertz CT molecular complexity index is 179. The van der Waals surface area contributed by atoms with E-state index in [1.165, 1.54) is 32.1 Å². The van der Waals surface area contributed by atoms with Crippen LogP contribution in [0.2, 0.25) is 0 Å². The van der Waals surface area contributed by atoms with Gasteiger partial charge in [0.15, 0.2) is 8.46 Å². The molecule has 0 aliphatic rings. The van der Waals surface area contributed by atoms with Crippen molar-refractivity contribution in [2.45, 2.75) is 78.3 Å². The molecule has 0 fully saturated rings. The van der Waals surface area contributed by atoms with Gasteiger partial charge in [-0.25, -0.2) is 0 Å². The highest BCUT2D eigenvalue weighted by molar-refractivity contribution is 7.26. The summed E-state index contributed by atoms with van der Waals surface area (Å²) < 4.78 is 11.5. The van der Waals surface area contributed by atoms with Crippen LogP contribution in [-0.2, 0) is 4.57 Å². The van der Waals surface area contributed by atoms with E-state index in [9.17, 15) is 4.57 Å². The topological polar surface area (TPSA) is 17.1 Å². The number of hydrogen-bond acceptors (Lipinski definition) is 1. The Morgan fingerprint density at radius 3 is 1.81 bits per heavy atom. The highest BCUT2D eigenvalue weighted by Gasteiger charge is 2.37. The first-order chi connectivity index (χ1) is 7.51. The minimum absolute atomic E-state index is 0.00617. The number of hydrogen-bond donors (Lipinski definition) is 0. The lowest BCUT2D eigenvalue weighted by Crippen LogP contribution is -2.34. The van der Waals surface area contributed by atoms with Crippen LogP contribution in [0, 0.1) is 11.8 Å². The van der Waals surface area contributed by atoms with Crippen LogP contribution in [-0.4, -0.2) is 5.16 Å². The molecule has 0 saturated heterocycles. The van der Waals surface area contributed by atoms with Crippen molar-refractivity contribution < 1.29 is 4.57 Å². The van der Waals surface area contributed by atoms with Crippen molar-refractivity contribution >= 4 is 8.46 Å². The zero-order valence-corrected chi connectivity index (χ0v) is 12.6. The molecular formula is C14H29OP. The zero-order chi connectivity index (χ0) is 12.6. The van der Waals surface area contributed by atoms with Crippen LogP contribution in [0.5, 0.6) is 0 Å². The van der Waals surface area contributed by atoms with Gasteiger partial charge >= 0.3 is 0 Å². The monoisotopic (exact) mass is 244 g/mol. The van der Waals surface area contributed by atoms with E-state index in [1.807, 2.05) is 0 Å². The Kier molecular flexibility index (Phi) is 8.28. The van der Waals surface area contributed by atoms with Gasteiger partial charge in [-0.1, -0.05) is 66.7 Å². The van der Waals surface area contributed by atoms with E-state index in [0.29, 0.717) is 20.3 Å². The van der Waals surface area contributed by atoms with Crippen molar-refractivity contribution in [3.8, 4) is 0 Å². The van der Waals surface area contributed by atoms with Gasteiger partial charge in [0.05, 0.1) is 5.16 Å². The molecule has 0 aromatic rings. The average Bonchev–Trinajstić information content (AvgIpc) is 2.22. The van der Waals surface area contributed by atoms with Gasteiger partial charge in [-0.15, -0.1) is 0 Å². The molecule has 0 rings (SSSR count). The fraction of sp³-hybridized carbons (Fsp3) is 1.00. The molecule has 0 N–H and O–H groups in total. The van der Waals surface area contributed by atoms with Crippen LogP contribution < -0.4 is 0 Å². The lowest BCUT2D eigenvalue weighted by molar-refractivity contribution is 0.294. The molecule has 2 heteroatoms. The van der Waals surface area contributed by atoms with Crippen molar-refractivity contribution in [3.05, 3.63) is 0 Å². The molecule has 0 heterocycles. The number of rotatable bonds is 9. The van der Waals surface area contributed by atoms with Crippen LogP contribution in [0.4, 0.5) is 0 Å². The molecule has 0 spiro atoms. The van der Waals surface area contributed by atoms with Crippen LogP contribution in [0.1, 0.15) is 73.1 Å². The summed E-state index contributed by atoms with van der Waals surface area (Å²) in [5.41, 5.74) is 0. The van der Waals surface area contributed by atoms with E-state index in [4.69, 9.17) is 0 Å². The largest absolute Gasteiger partial charge is 0.274 e. The fourth-order valence-corrected chi connectivity index (χ4v) is 3.18. The van der Waals surface area contributed by atoms with Crippen molar-refractivity contribution in [2.75, 3.05) is 0 Å². The molecule has 0 aromatic heterocycles. The molecule has 0 radical (unpaired) electrons. The van der Waals surface area contributed by atoms with Crippen LogP contribution >= 0.6 is 8.46 Å². The van der Waals surface area contributed by atoms with Gasteiger partial charge in [0.2, 0.25) is 0 Å². The summed E-state index contributed by atoms with van der Waals surface area (Å²) in [4.78, 5) is 0. The zero-order valence-electron chi connectivity index (χ0n) is 11.8. The predicted octanol–water partition coefficient (Wildman–Crippen LogP) is 5.69. The summed E-state index contributed by atoms with van der Waals surface area (Å²) in [5, 5.41) is 0.00617. The second-order valence-corrected chi connectivity index (χ2v) is 6.57. The minimum atomic E-state index is 0.00617. The molecule has 0 bridgehead atoms. The first kappa shape index (κ1) is 16.1. The van der Waals surface area contributed by atoms with Gasteiger partial charge in [0, 0.05) is 0 Å². The second kappa shape index (κ2) is 8.23. The molecule has 0 unspecified atom stereocenters. The quantitative estimate of drug-likeness (QED) is 0.376. The molecular weight excluding hydrogens is 215 g/mol. The highest BCUT2D eigenvalue weighted by Crippen LogP contribution is 2.43. The highest BCUT2D eigenvalue weighted by atomic mass is 31.1. The molecule has 1 nitrogen and oxygen atoms in total. The van der Waals surface area contributed by atoms with Crippen molar-refractivity contribution in [1.82, 2.24) is 0 Å². The Morgan fingerprint density at radius 2 is 1.44 bits per heavy atom. The predicted molar refractivity (Wildman–Crippen MR) is 73.4 cm³/mol. The third-order valence-electron chi connectivity index (χ3n) is 3.85. The smallest absolute Gasteiger partial charge is 0.162 e. The first-order valence-corrected chi connectivity index (χ1v) is 7.67. The third kappa shape index (κ3) is 4.53. The van der Waals surface area contributed by atoms with Gasteiger partial charge in [0.25, 0.3) is 0 Å². The molecule has 0 aromatic carbocycles. The first-order valence-electron chi connectivity index (χ1n) is 6.85.